The zero-order valence-corrected chi connectivity index (χ0v) is 12.4. The lowest BCUT2D eigenvalue weighted by atomic mass is 9.83. The number of hydrogen-bond acceptors (Lipinski definition) is 5. The van der Waals surface area contributed by atoms with E-state index in [4.69, 9.17) is 4.74 Å². The molecule has 1 heterocycles. The molecule has 0 aliphatic carbocycles. The Balaban J connectivity index is 1.82. The number of rotatable bonds is 4. The lowest BCUT2D eigenvalue weighted by Gasteiger charge is -2.21. The van der Waals surface area contributed by atoms with Crippen molar-refractivity contribution in [3.8, 4) is 11.5 Å². The van der Waals surface area contributed by atoms with Crippen molar-refractivity contribution in [2.75, 3.05) is 6.61 Å². The fourth-order valence-corrected chi connectivity index (χ4v) is 3.06. The molecule has 0 saturated carbocycles. The van der Waals surface area contributed by atoms with E-state index in [1.807, 2.05) is 6.07 Å². The molecule has 1 aliphatic rings. The number of phenolic OH excluding ortho intramolecular Hbond substituents is 2. The molecule has 3 rings (SSSR count). The first-order valence-electron chi connectivity index (χ1n) is 7.46. The molecular formula is C18H18O5. The number of ether oxygens (including phenoxy) is 1. The van der Waals surface area contributed by atoms with Crippen LogP contribution in [0.4, 0.5) is 0 Å². The molecule has 23 heavy (non-hydrogen) atoms. The van der Waals surface area contributed by atoms with E-state index in [2.05, 4.69) is 0 Å². The lowest BCUT2D eigenvalue weighted by Crippen LogP contribution is -2.25. The standard InChI is InChI=1S/C18H18O5/c19-14-5-1-3-11(8-14)7-13-10-23-18(22)16(13)17(21)12-4-2-6-15(20)9-12/h1-6,8-9,13,16-17,19-21H,7,10H2/t13-,16-,17-/m0/s1. The third-order valence-electron chi connectivity index (χ3n) is 4.18. The second kappa shape index (κ2) is 6.30. The Morgan fingerprint density at radius 1 is 1.09 bits per heavy atom. The molecule has 0 unspecified atom stereocenters. The van der Waals surface area contributed by atoms with E-state index in [9.17, 15) is 20.1 Å². The van der Waals surface area contributed by atoms with Crippen molar-refractivity contribution in [1.29, 1.82) is 0 Å². The Morgan fingerprint density at radius 3 is 2.48 bits per heavy atom. The van der Waals surface area contributed by atoms with Crippen LogP contribution in [0.5, 0.6) is 11.5 Å². The summed E-state index contributed by atoms with van der Waals surface area (Å²) in [5, 5.41) is 29.7. The van der Waals surface area contributed by atoms with Crippen LogP contribution in [0.25, 0.3) is 0 Å². The molecule has 0 spiro atoms. The minimum absolute atomic E-state index is 0.0393. The Labute approximate surface area is 133 Å². The van der Waals surface area contributed by atoms with Crippen LogP contribution < -0.4 is 0 Å². The normalized spacial score (nSPS) is 21.9. The van der Waals surface area contributed by atoms with E-state index in [0.717, 1.165) is 5.56 Å². The second-order valence-electron chi connectivity index (χ2n) is 5.83. The predicted octanol–water partition coefficient (Wildman–Crippen LogP) is 2.16. The molecule has 3 atom stereocenters. The van der Waals surface area contributed by atoms with Gasteiger partial charge in [-0.05, 0) is 41.8 Å². The van der Waals surface area contributed by atoms with Crippen LogP contribution in [-0.2, 0) is 16.0 Å². The third kappa shape index (κ3) is 3.29. The molecule has 0 aromatic heterocycles. The van der Waals surface area contributed by atoms with E-state index in [1.165, 1.54) is 12.1 Å². The van der Waals surface area contributed by atoms with Crippen LogP contribution >= 0.6 is 0 Å². The van der Waals surface area contributed by atoms with Crippen molar-refractivity contribution in [3.63, 3.8) is 0 Å². The highest BCUT2D eigenvalue weighted by Gasteiger charge is 2.42. The average Bonchev–Trinajstić information content (AvgIpc) is 2.87. The maximum Gasteiger partial charge on any atom is 0.312 e. The highest BCUT2D eigenvalue weighted by Crippen LogP contribution is 2.36. The number of carbonyl (C=O) groups excluding carboxylic acids is 1. The zero-order valence-electron chi connectivity index (χ0n) is 12.4. The highest BCUT2D eigenvalue weighted by atomic mass is 16.5. The summed E-state index contributed by atoms with van der Waals surface area (Å²) in [5.41, 5.74) is 1.36. The van der Waals surface area contributed by atoms with E-state index >= 15 is 0 Å². The van der Waals surface area contributed by atoms with Crippen LogP contribution in [0.1, 0.15) is 17.2 Å². The third-order valence-corrected chi connectivity index (χ3v) is 4.18. The topological polar surface area (TPSA) is 87.0 Å². The van der Waals surface area contributed by atoms with Gasteiger partial charge in [-0.3, -0.25) is 4.79 Å². The van der Waals surface area contributed by atoms with E-state index in [1.54, 1.807) is 30.3 Å². The smallest absolute Gasteiger partial charge is 0.312 e. The first kappa shape index (κ1) is 15.4. The van der Waals surface area contributed by atoms with Crippen molar-refractivity contribution >= 4 is 5.97 Å². The summed E-state index contributed by atoms with van der Waals surface area (Å²) in [6, 6.07) is 13.1. The summed E-state index contributed by atoms with van der Waals surface area (Å²) in [6.07, 6.45) is -0.528. The Hall–Kier alpha value is -2.53. The van der Waals surface area contributed by atoms with Gasteiger partial charge in [0.1, 0.15) is 11.5 Å². The first-order valence-corrected chi connectivity index (χ1v) is 7.46. The van der Waals surface area contributed by atoms with E-state index in [0.29, 0.717) is 12.0 Å². The molecule has 120 valence electrons. The number of benzene rings is 2. The van der Waals surface area contributed by atoms with Crippen molar-refractivity contribution in [2.24, 2.45) is 11.8 Å². The Kier molecular flexibility index (Phi) is 4.21. The van der Waals surface area contributed by atoms with Crippen LogP contribution in [0, 0.1) is 11.8 Å². The van der Waals surface area contributed by atoms with Gasteiger partial charge in [0, 0.05) is 5.92 Å². The van der Waals surface area contributed by atoms with Crippen molar-refractivity contribution < 1.29 is 24.9 Å². The average molecular weight is 314 g/mol. The number of aliphatic hydroxyl groups excluding tert-OH is 1. The Morgan fingerprint density at radius 2 is 1.78 bits per heavy atom. The summed E-state index contributed by atoms with van der Waals surface area (Å²) >= 11 is 0. The predicted molar refractivity (Wildman–Crippen MR) is 82.8 cm³/mol. The lowest BCUT2D eigenvalue weighted by molar-refractivity contribution is -0.144. The molecule has 1 aliphatic heterocycles. The fourth-order valence-electron chi connectivity index (χ4n) is 3.06. The number of esters is 1. The number of aromatic hydroxyl groups is 2. The molecule has 1 saturated heterocycles. The van der Waals surface area contributed by atoms with Crippen LogP contribution in [0.2, 0.25) is 0 Å². The van der Waals surface area contributed by atoms with Crippen LogP contribution in [-0.4, -0.2) is 27.9 Å². The van der Waals surface area contributed by atoms with Gasteiger partial charge in [0.2, 0.25) is 0 Å². The summed E-state index contributed by atoms with van der Waals surface area (Å²) in [5.74, 6) is -1.12. The summed E-state index contributed by atoms with van der Waals surface area (Å²) in [6.45, 7) is 0.231. The molecule has 5 nitrogen and oxygen atoms in total. The Bertz CT molecular complexity index is 712. The number of aliphatic hydroxyl groups is 1. The summed E-state index contributed by atoms with van der Waals surface area (Å²) in [4.78, 5) is 12.0. The van der Waals surface area contributed by atoms with Crippen LogP contribution in [0.15, 0.2) is 48.5 Å². The number of carbonyl (C=O) groups is 1. The monoisotopic (exact) mass is 314 g/mol. The van der Waals surface area contributed by atoms with Gasteiger partial charge in [0.25, 0.3) is 0 Å². The molecule has 3 N–H and O–H groups in total. The van der Waals surface area contributed by atoms with Crippen molar-refractivity contribution in [2.45, 2.75) is 12.5 Å². The van der Waals surface area contributed by atoms with Gasteiger partial charge in [-0.1, -0.05) is 24.3 Å². The van der Waals surface area contributed by atoms with Gasteiger partial charge in [-0.15, -0.1) is 0 Å². The molecule has 2 aromatic rings. The van der Waals surface area contributed by atoms with E-state index in [-0.39, 0.29) is 24.0 Å². The molecule has 1 fully saturated rings. The SMILES string of the molecule is O=C1OC[C@H](Cc2cccc(O)c2)[C@H]1[C@@H](O)c1cccc(O)c1. The van der Waals surface area contributed by atoms with Gasteiger partial charge >= 0.3 is 5.97 Å². The maximum atomic E-state index is 12.0. The van der Waals surface area contributed by atoms with E-state index < -0.39 is 18.0 Å². The fraction of sp³-hybridized carbons (Fsp3) is 0.278. The van der Waals surface area contributed by atoms with Crippen LogP contribution in [0.3, 0.4) is 0 Å². The van der Waals surface area contributed by atoms with Crippen molar-refractivity contribution in [3.05, 3.63) is 59.7 Å². The van der Waals surface area contributed by atoms with Crippen molar-refractivity contribution in [1.82, 2.24) is 0 Å². The molecule has 0 amide bonds. The van der Waals surface area contributed by atoms with Gasteiger partial charge in [-0.25, -0.2) is 0 Å². The van der Waals surface area contributed by atoms with Gasteiger partial charge in [0.05, 0.1) is 18.6 Å². The minimum Gasteiger partial charge on any atom is -0.508 e. The van der Waals surface area contributed by atoms with Gasteiger partial charge in [0.15, 0.2) is 0 Å². The molecule has 2 aromatic carbocycles. The summed E-state index contributed by atoms with van der Waals surface area (Å²) < 4.78 is 5.13. The molecule has 5 heteroatoms. The summed E-state index contributed by atoms with van der Waals surface area (Å²) in [7, 11) is 0. The highest BCUT2D eigenvalue weighted by molar-refractivity contribution is 5.75. The van der Waals surface area contributed by atoms with Gasteiger partial charge < -0.3 is 20.1 Å². The molecule has 0 bridgehead atoms. The quantitative estimate of drug-likeness (QED) is 0.753. The molecule has 0 radical (unpaired) electrons. The van der Waals surface area contributed by atoms with Gasteiger partial charge in [-0.2, -0.15) is 0 Å². The molecular weight excluding hydrogens is 296 g/mol. The number of phenols is 2. The number of cyclic esters (lactones) is 1. The zero-order chi connectivity index (χ0) is 16.4. The number of hydrogen-bond donors (Lipinski definition) is 3. The minimum atomic E-state index is -1.04. The first-order chi connectivity index (χ1) is 11.0. The maximum absolute atomic E-state index is 12.0. The second-order valence-corrected chi connectivity index (χ2v) is 5.83. The largest absolute Gasteiger partial charge is 0.508 e.